The highest BCUT2D eigenvalue weighted by atomic mass is 19.1. The number of hydrogen-bond donors (Lipinski definition) is 1. The third-order valence-corrected chi connectivity index (χ3v) is 4.39. The molecule has 1 aliphatic heterocycles. The highest BCUT2D eigenvalue weighted by molar-refractivity contribution is 5.65. The van der Waals surface area contributed by atoms with Gasteiger partial charge < -0.3 is 14.6 Å². The monoisotopic (exact) mass is 330 g/mol. The Labute approximate surface area is 142 Å². The molecule has 2 aromatic rings. The van der Waals surface area contributed by atoms with Gasteiger partial charge in [-0.05, 0) is 55.5 Å². The molecule has 3 nitrogen and oxygen atoms in total. The Bertz CT molecular complexity index is 669. The zero-order valence-corrected chi connectivity index (χ0v) is 13.9. The zero-order valence-electron chi connectivity index (χ0n) is 13.9. The lowest BCUT2D eigenvalue weighted by Crippen LogP contribution is -2.25. The van der Waals surface area contributed by atoms with Crippen LogP contribution in [0, 0.1) is 5.82 Å². The molecule has 0 amide bonds. The lowest BCUT2D eigenvalue weighted by molar-refractivity contribution is -0.0737. The summed E-state index contributed by atoms with van der Waals surface area (Å²) in [5, 5.41) is 9.25. The molecule has 0 aliphatic carbocycles. The summed E-state index contributed by atoms with van der Waals surface area (Å²) in [5.41, 5.74) is 2.22. The van der Waals surface area contributed by atoms with Crippen LogP contribution in [0.1, 0.15) is 37.9 Å². The predicted molar refractivity (Wildman–Crippen MR) is 91.6 cm³/mol. The Morgan fingerprint density at radius 3 is 2.62 bits per heavy atom. The topological polar surface area (TPSA) is 38.7 Å². The van der Waals surface area contributed by atoms with Crippen molar-refractivity contribution in [2.75, 3.05) is 13.2 Å². The Morgan fingerprint density at radius 2 is 1.96 bits per heavy atom. The first-order valence-corrected chi connectivity index (χ1v) is 8.50. The van der Waals surface area contributed by atoms with Crippen LogP contribution in [0.4, 0.5) is 4.39 Å². The van der Waals surface area contributed by atoms with E-state index in [1.54, 1.807) is 12.1 Å². The van der Waals surface area contributed by atoms with Gasteiger partial charge in [0.25, 0.3) is 0 Å². The van der Waals surface area contributed by atoms with Gasteiger partial charge in [-0.15, -0.1) is 0 Å². The lowest BCUT2D eigenvalue weighted by atomic mass is 9.96. The van der Waals surface area contributed by atoms with Crippen LogP contribution in [0.2, 0.25) is 0 Å². The van der Waals surface area contributed by atoms with Gasteiger partial charge >= 0.3 is 0 Å². The maximum absolute atomic E-state index is 14.6. The quantitative estimate of drug-likeness (QED) is 0.877. The molecular formula is C20H23FO3. The van der Waals surface area contributed by atoms with Crippen LogP contribution >= 0.6 is 0 Å². The molecule has 0 spiro atoms. The van der Waals surface area contributed by atoms with Crippen LogP contribution in [0.25, 0.3) is 11.1 Å². The molecule has 2 unspecified atom stereocenters. The standard InChI is InChI=1S/C20H23FO3/c1-2-23-16-9-6-14(7-10-16)18-11-8-15(12-19(18)21)20-5-3-4-17(13-22)24-20/h6-12,17,20,22H,2-5,13H2,1H3. The average molecular weight is 330 g/mol. The first-order chi connectivity index (χ1) is 11.7. The minimum absolute atomic E-state index is 0.0171. The van der Waals surface area contributed by atoms with Gasteiger partial charge in [0.1, 0.15) is 11.6 Å². The van der Waals surface area contributed by atoms with E-state index in [4.69, 9.17) is 9.47 Å². The number of hydrogen-bond acceptors (Lipinski definition) is 3. The summed E-state index contributed by atoms with van der Waals surface area (Å²) in [6.07, 6.45) is 2.42. The van der Waals surface area contributed by atoms with Crippen molar-refractivity contribution in [3.63, 3.8) is 0 Å². The smallest absolute Gasteiger partial charge is 0.131 e. The van der Waals surface area contributed by atoms with E-state index in [2.05, 4.69) is 0 Å². The Hall–Kier alpha value is -1.91. The van der Waals surface area contributed by atoms with Crippen molar-refractivity contribution >= 4 is 0 Å². The molecule has 1 N–H and O–H groups in total. The Kier molecular flexibility index (Phi) is 5.48. The summed E-state index contributed by atoms with van der Waals surface area (Å²) >= 11 is 0. The summed E-state index contributed by atoms with van der Waals surface area (Å²) in [6, 6.07) is 12.7. The number of ether oxygens (including phenoxy) is 2. The molecular weight excluding hydrogens is 307 g/mol. The van der Waals surface area contributed by atoms with Crippen LogP contribution in [0.5, 0.6) is 5.75 Å². The minimum atomic E-state index is -0.258. The number of halogens is 1. The van der Waals surface area contributed by atoms with Crippen LogP contribution < -0.4 is 4.74 Å². The van der Waals surface area contributed by atoms with Gasteiger partial charge in [-0.25, -0.2) is 4.39 Å². The third kappa shape index (κ3) is 3.77. The second-order valence-corrected chi connectivity index (χ2v) is 6.06. The van der Waals surface area contributed by atoms with Crippen molar-refractivity contribution in [2.24, 2.45) is 0 Å². The van der Waals surface area contributed by atoms with Crippen molar-refractivity contribution in [3.8, 4) is 16.9 Å². The van der Waals surface area contributed by atoms with E-state index in [0.29, 0.717) is 12.2 Å². The second-order valence-electron chi connectivity index (χ2n) is 6.06. The number of rotatable bonds is 5. The zero-order chi connectivity index (χ0) is 16.9. The van der Waals surface area contributed by atoms with Gasteiger partial charge in [-0.2, -0.15) is 0 Å². The third-order valence-electron chi connectivity index (χ3n) is 4.39. The van der Waals surface area contributed by atoms with Crippen molar-refractivity contribution in [1.29, 1.82) is 0 Å². The normalized spacial score (nSPS) is 20.8. The van der Waals surface area contributed by atoms with E-state index in [9.17, 15) is 9.50 Å². The Balaban J connectivity index is 1.79. The summed E-state index contributed by atoms with van der Waals surface area (Å²) in [6.45, 7) is 2.56. The van der Waals surface area contributed by atoms with E-state index in [1.807, 2.05) is 37.3 Å². The Morgan fingerprint density at radius 1 is 1.17 bits per heavy atom. The molecule has 4 heteroatoms. The van der Waals surface area contributed by atoms with Gasteiger partial charge in [0.2, 0.25) is 0 Å². The average Bonchev–Trinajstić information content (AvgIpc) is 2.63. The molecule has 3 rings (SSSR count). The maximum atomic E-state index is 14.6. The largest absolute Gasteiger partial charge is 0.494 e. The SMILES string of the molecule is CCOc1ccc(-c2ccc(C3CCCC(CO)O3)cc2F)cc1. The van der Waals surface area contributed by atoms with Gasteiger partial charge in [0.15, 0.2) is 0 Å². The molecule has 1 saturated heterocycles. The van der Waals surface area contributed by atoms with Crippen LogP contribution in [0.15, 0.2) is 42.5 Å². The van der Waals surface area contributed by atoms with E-state index >= 15 is 0 Å². The van der Waals surface area contributed by atoms with E-state index in [-0.39, 0.29) is 24.6 Å². The number of aliphatic hydroxyl groups excluding tert-OH is 1. The number of benzene rings is 2. The van der Waals surface area contributed by atoms with Gasteiger partial charge in [-0.3, -0.25) is 0 Å². The van der Waals surface area contributed by atoms with Gasteiger partial charge in [0.05, 0.1) is 25.4 Å². The molecule has 0 saturated carbocycles. The first kappa shape index (κ1) is 16.9. The predicted octanol–water partition coefficient (Wildman–Crippen LogP) is 4.49. The molecule has 1 heterocycles. The van der Waals surface area contributed by atoms with Crippen molar-refractivity contribution < 1.29 is 19.0 Å². The molecule has 1 fully saturated rings. The van der Waals surface area contributed by atoms with Crippen LogP contribution in [-0.2, 0) is 4.74 Å². The first-order valence-electron chi connectivity index (χ1n) is 8.50. The van der Waals surface area contributed by atoms with Crippen LogP contribution in [0.3, 0.4) is 0 Å². The van der Waals surface area contributed by atoms with E-state index in [0.717, 1.165) is 36.1 Å². The molecule has 128 valence electrons. The molecule has 2 aromatic carbocycles. The summed E-state index contributed by atoms with van der Waals surface area (Å²) in [7, 11) is 0. The van der Waals surface area contributed by atoms with Crippen molar-refractivity contribution in [1.82, 2.24) is 0 Å². The maximum Gasteiger partial charge on any atom is 0.131 e. The summed E-state index contributed by atoms with van der Waals surface area (Å²) in [5.74, 6) is 0.523. The highest BCUT2D eigenvalue weighted by Crippen LogP contribution is 2.33. The van der Waals surface area contributed by atoms with Crippen molar-refractivity contribution in [2.45, 2.75) is 38.4 Å². The van der Waals surface area contributed by atoms with Gasteiger partial charge in [0, 0.05) is 5.56 Å². The summed E-state index contributed by atoms with van der Waals surface area (Å²) in [4.78, 5) is 0. The molecule has 0 aromatic heterocycles. The molecule has 0 bridgehead atoms. The fourth-order valence-electron chi connectivity index (χ4n) is 3.14. The van der Waals surface area contributed by atoms with E-state index < -0.39 is 0 Å². The van der Waals surface area contributed by atoms with E-state index in [1.165, 1.54) is 0 Å². The van der Waals surface area contributed by atoms with Gasteiger partial charge in [-0.1, -0.05) is 24.3 Å². The lowest BCUT2D eigenvalue weighted by Gasteiger charge is -2.29. The minimum Gasteiger partial charge on any atom is -0.494 e. The fourth-order valence-corrected chi connectivity index (χ4v) is 3.14. The molecule has 24 heavy (non-hydrogen) atoms. The highest BCUT2D eigenvalue weighted by Gasteiger charge is 2.23. The second kappa shape index (κ2) is 7.77. The summed E-state index contributed by atoms with van der Waals surface area (Å²) < 4.78 is 25.8. The molecule has 1 aliphatic rings. The number of aliphatic hydroxyl groups is 1. The van der Waals surface area contributed by atoms with Crippen molar-refractivity contribution in [3.05, 3.63) is 53.8 Å². The van der Waals surface area contributed by atoms with Crippen LogP contribution in [-0.4, -0.2) is 24.4 Å². The fraction of sp³-hybridized carbons (Fsp3) is 0.400. The molecule has 0 radical (unpaired) electrons. The molecule has 2 atom stereocenters.